The number of rotatable bonds is 7. The van der Waals surface area contributed by atoms with Crippen LogP contribution >= 0.6 is 0 Å². The zero-order valence-corrected chi connectivity index (χ0v) is 14.0. The van der Waals surface area contributed by atoms with Crippen LogP contribution in [0, 0.1) is 5.41 Å². The summed E-state index contributed by atoms with van der Waals surface area (Å²) in [6.45, 7) is 4.02. The average Bonchev–Trinajstić information content (AvgIpc) is 3.40. The second-order valence-electron chi connectivity index (χ2n) is 6.63. The molecule has 3 nitrogen and oxygen atoms in total. The molecule has 3 heteroatoms. The summed E-state index contributed by atoms with van der Waals surface area (Å²) in [5.74, 6) is 0.907. The van der Waals surface area contributed by atoms with E-state index in [2.05, 4.69) is 42.6 Å². The Balaban J connectivity index is 1.69. The molecule has 0 radical (unpaired) electrons. The molecule has 3 rings (SSSR count). The number of ether oxygens (including phenoxy) is 1. The molecule has 1 aliphatic carbocycles. The van der Waals surface area contributed by atoms with Crippen LogP contribution in [0.3, 0.4) is 0 Å². The van der Waals surface area contributed by atoms with Crippen LogP contribution < -0.4 is 15.8 Å². The monoisotopic (exact) mass is 310 g/mol. The summed E-state index contributed by atoms with van der Waals surface area (Å²) >= 11 is 0. The Labute approximate surface area is 138 Å². The molecule has 0 amide bonds. The molecular weight excluding hydrogens is 284 g/mol. The van der Waals surface area contributed by atoms with Crippen molar-refractivity contribution in [3.63, 3.8) is 0 Å². The Bertz CT molecular complexity index is 647. The number of nitrogens with one attached hydrogen (secondary N) is 1. The van der Waals surface area contributed by atoms with Crippen LogP contribution in [0.4, 0.5) is 0 Å². The van der Waals surface area contributed by atoms with Gasteiger partial charge in [-0.05, 0) is 48.9 Å². The van der Waals surface area contributed by atoms with Gasteiger partial charge in [-0.25, -0.2) is 0 Å². The molecule has 0 saturated heterocycles. The maximum absolute atomic E-state index is 5.85. The first kappa shape index (κ1) is 16.0. The number of hydrogen-bond donors (Lipinski definition) is 2. The van der Waals surface area contributed by atoms with Gasteiger partial charge in [0.25, 0.3) is 0 Å². The van der Waals surface area contributed by atoms with Crippen molar-refractivity contribution in [2.24, 2.45) is 11.1 Å². The van der Waals surface area contributed by atoms with Crippen LogP contribution in [0.25, 0.3) is 11.1 Å². The molecule has 0 bridgehead atoms. The number of methoxy groups -OCH3 is 1. The maximum atomic E-state index is 5.85. The van der Waals surface area contributed by atoms with Crippen molar-refractivity contribution in [1.29, 1.82) is 0 Å². The quantitative estimate of drug-likeness (QED) is 0.819. The lowest BCUT2D eigenvalue weighted by Crippen LogP contribution is -2.31. The maximum Gasteiger partial charge on any atom is 0.126 e. The predicted octanol–water partition coefficient (Wildman–Crippen LogP) is 3.75. The van der Waals surface area contributed by atoms with Gasteiger partial charge in [0, 0.05) is 18.2 Å². The van der Waals surface area contributed by atoms with Crippen molar-refractivity contribution in [1.82, 2.24) is 5.32 Å². The zero-order valence-electron chi connectivity index (χ0n) is 14.0. The first-order chi connectivity index (χ1) is 11.2. The Kier molecular flexibility index (Phi) is 4.69. The third-order valence-electron chi connectivity index (χ3n) is 5.00. The van der Waals surface area contributed by atoms with Crippen molar-refractivity contribution >= 4 is 0 Å². The largest absolute Gasteiger partial charge is 0.496 e. The molecule has 2 aromatic carbocycles. The molecule has 1 unspecified atom stereocenters. The highest BCUT2D eigenvalue weighted by Crippen LogP contribution is 2.44. The van der Waals surface area contributed by atoms with E-state index in [1.54, 1.807) is 7.11 Å². The highest BCUT2D eigenvalue weighted by molar-refractivity contribution is 5.70. The van der Waals surface area contributed by atoms with Crippen LogP contribution in [-0.4, -0.2) is 20.2 Å². The zero-order chi connectivity index (χ0) is 16.3. The molecule has 0 aromatic heterocycles. The van der Waals surface area contributed by atoms with Crippen molar-refractivity contribution < 1.29 is 4.74 Å². The fraction of sp³-hybridized carbons (Fsp3) is 0.400. The molecule has 0 spiro atoms. The standard InChI is InChI=1S/C20H26N2O/c1-15(22-14-20(13-21)11-12-20)16-7-9-17(10-8-16)18-5-3-4-6-19(18)23-2/h3-10,15,22H,11-14,21H2,1-2H3. The van der Waals surface area contributed by atoms with E-state index in [0.717, 1.165) is 24.4 Å². The molecule has 1 fully saturated rings. The van der Waals surface area contributed by atoms with E-state index >= 15 is 0 Å². The van der Waals surface area contributed by atoms with E-state index in [0.29, 0.717) is 11.5 Å². The van der Waals surface area contributed by atoms with Crippen molar-refractivity contribution in [2.75, 3.05) is 20.2 Å². The third-order valence-corrected chi connectivity index (χ3v) is 5.00. The lowest BCUT2D eigenvalue weighted by atomic mass is 10.00. The van der Waals surface area contributed by atoms with Gasteiger partial charge in [0.2, 0.25) is 0 Å². The van der Waals surface area contributed by atoms with Gasteiger partial charge in [-0.3, -0.25) is 0 Å². The van der Waals surface area contributed by atoms with E-state index < -0.39 is 0 Å². The summed E-state index contributed by atoms with van der Waals surface area (Å²) < 4.78 is 5.45. The molecular formula is C20H26N2O. The molecule has 0 heterocycles. The molecule has 0 aliphatic heterocycles. The first-order valence-corrected chi connectivity index (χ1v) is 8.34. The van der Waals surface area contributed by atoms with Gasteiger partial charge in [-0.1, -0.05) is 42.5 Å². The fourth-order valence-corrected chi connectivity index (χ4v) is 2.95. The van der Waals surface area contributed by atoms with E-state index in [1.807, 2.05) is 18.2 Å². The SMILES string of the molecule is COc1ccccc1-c1ccc(C(C)NCC2(CN)CC2)cc1. The third kappa shape index (κ3) is 3.57. The van der Waals surface area contributed by atoms with Crippen molar-refractivity contribution in [2.45, 2.75) is 25.8 Å². The molecule has 1 saturated carbocycles. The van der Waals surface area contributed by atoms with Gasteiger partial charge in [0.05, 0.1) is 7.11 Å². The summed E-state index contributed by atoms with van der Waals surface area (Å²) in [5, 5.41) is 3.63. The van der Waals surface area contributed by atoms with Gasteiger partial charge in [-0.2, -0.15) is 0 Å². The smallest absolute Gasteiger partial charge is 0.126 e. The minimum atomic E-state index is 0.339. The minimum absolute atomic E-state index is 0.339. The Hall–Kier alpha value is -1.84. The Morgan fingerprint density at radius 1 is 1.13 bits per heavy atom. The van der Waals surface area contributed by atoms with Crippen LogP contribution in [0.15, 0.2) is 48.5 Å². The lowest BCUT2D eigenvalue weighted by molar-refractivity contribution is 0.416. The summed E-state index contributed by atoms with van der Waals surface area (Å²) in [5.41, 5.74) is 9.83. The summed E-state index contributed by atoms with van der Waals surface area (Å²) in [4.78, 5) is 0. The van der Waals surface area contributed by atoms with Gasteiger partial charge in [-0.15, -0.1) is 0 Å². The Morgan fingerprint density at radius 2 is 1.83 bits per heavy atom. The minimum Gasteiger partial charge on any atom is -0.496 e. The average molecular weight is 310 g/mol. The second-order valence-corrected chi connectivity index (χ2v) is 6.63. The van der Waals surface area contributed by atoms with E-state index in [1.165, 1.54) is 24.0 Å². The van der Waals surface area contributed by atoms with Crippen LogP contribution in [-0.2, 0) is 0 Å². The van der Waals surface area contributed by atoms with Gasteiger partial charge in [0.1, 0.15) is 5.75 Å². The van der Waals surface area contributed by atoms with Crippen LogP contribution in [0.2, 0.25) is 0 Å². The molecule has 1 aliphatic rings. The molecule has 23 heavy (non-hydrogen) atoms. The normalized spacial score (nSPS) is 16.8. The molecule has 122 valence electrons. The lowest BCUT2D eigenvalue weighted by Gasteiger charge is -2.19. The number of benzene rings is 2. The molecule has 2 aromatic rings. The number of para-hydroxylation sites is 1. The van der Waals surface area contributed by atoms with Crippen LogP contribution in [0.5, 0.6) is 5.75 Å². The first-order valence-electron chi connectivity index (χ1n) is 8.34. The Morgan fingerprint density at radius 3 is 2.43 bits per heavy atom. The van der Waals surface area contributed by atoms with Crippen molar-refractivity contribution in [3.05, 3.63) is 54.1 Å². The van der Waals surface area contributed by atoms with E-state index in [9.17, 15) is 0 Å². The fourth-order valence-electron chi connectivity index (χ4n) is 2.95. The topological polar surface area (TPSA) is 47.3 Å². The van der Waals surface area contributed by atoms with E-state index in [-0.39, 0.29) is 0 Å². The predicted molar refractivity (Wildman–Crippen MR) is 95.6 cm³/mol. The summed E-state index contributed by atoms with van der Waals surface area (Å²) in [7, 11) is 1.71. The molecule has 3 N–H and O–H groups in total. The van der Waals surface area contributed by atoms with Gasteiger partial charge >= 0.3 is 0 Å². The van der Waals surface area contributed by atoms with Gasteiger partial charge < -0.3 is 15.8 Å². The second kappa shape index (κ2) is 6.73. The highest BCUT2D eigenvalue weighted by Gasteiger charge is 2.40. The molecule has 1 atom stereocenters. The highest BCUT2D eigenvalue weighted by atomic mass is 16.5. The van der Waals surface area contributed by atoms with Gasteiger partial charge in [0.15, 0.2) is 0 Å². The van der Waals surface area contributed by atoms with E-state index in [4.69, 9.17) is 10.5 Å². The van der Waals surface area contributed by atoms with Crippen molar-refractivity contribution in [3.8, 4) is 16.9 Å². The number of hydrogen-bond acceptors (Lipinski definition) is 3. The summed E-state index contributed by atoms with van der Waals surface area (Å²) in [6, 6.07) is 17.2. The summed E-state index contributed by atoms with van der Waals surface area (Å²) in [6.07, 6.45) is 2.52. The number of nitrogens with two attached hydrogens (primary N) is 1. The van der Waals surface area contributed by atoms with Crippen LogP contribution in [0.1, 0.15) is 31.4 Å².